The van der Waals surface area contributed by atoms with E-state index >= 15 is 0 Å². The summed E-state index contributed by atoms with van der Waals surface area (Å²) < 4.78 is 39.1. The van der Waals surface area contributed by atoms with Crippen LogP contribution in [0.4, 0.5) is 5.69 Å². The first-order valence-corrected chi connectivity index (χ1v) is 11.1. The second kappa shape index (κ2) is 7.53. The van der Waals surface area contributed by atoms with Crippen LogP contribution >= 0.6 is 0 Å². The number of aromatic amines is 1. The van der Waals surface area contributed by atoms with Crippen LogP contribution in [0.25, 0.3) is 16.8 Å². The minimum atomic E-state index is -3.47. The molecule has 0 spiro atoms. The van der Waals surface area contributed by atoms with E-state index in [9.17, 15) is 13.2 Å². The van der Waals surface area contributed by atoms with Gasteiger partial charge in [-0.1, -0.05) is 0 Å². The third kappa shape index (κ3) is 4.13. The Morgan fingerprint density at radius 3 is 2.79 bits per heavy atom. The van der Waals surface area contributed by atoms with Gasteiger partial charge in [0.15, 0.2) is 0 Å². The molecule has 1 aliphatic rings. The molecule has 29 heavy (non-hydrogen) atoms. The zero-order valence-electron chi connectivity index (χ0n) is 16.1. The Bertz CT molecular complexity index is 1210. The first-order valence-electron chi connectivity index (χ1n) is 9.24. The SMILES string of the molecule is Cc1cc(-c2cc(NS(C)(=O)=O)cnc2OC2CCOCC2)n2cc[nH]c(=O)c12. The number of H-pyrrole nitrogens is 1. The molecule has 0 atom stereocenters. The standard InChI is InChI=1S/C19H22N4O5S/c1-12-9-16(23-6-5-20-18(24)17(12)23)15-10-13(22-29(2,25)26)11-21-19(15)28-14-3-7-27-8-4-14/h5-6,9-11,14,22H,3-4,7-8H2,1-2H3,(H,20,24). The van der Waals surface area contributed by atoms with Gasteiger partial charge in [-0.05, 0) is 24.6 Å². The highest BCUT2D eigenvalue weighted by atomic mass is 32.2. The lowest BCUT2D eigenvalue weighted by atomic mass is 10.1. The lowest BCUT2D eigenvalue weighted by molar-refractivity contribution is 0.0240. The van der Waals surface area contributed by atoms with Gasteiger partial charge in [0, 0.05) is 25.2 Å². The van der Waals surface area contributed by atoms with Crippen LogP contribution in [-0.2, 0) is 14.8 Å². The van der Waals surface area contributed by atoms with Gasteiger partial charge in [-0.2, -0.15) is 0 Å². The van der Waals surface area contributed by atoms with Crippen molar-refractivity contribution in [1.29, 1.82) is 0 Å². The van der Waals surface area contributed by atoms with Crippen molar-refractivity contribution in [3.63, 3.8) is 0 Å². The molecule has 154 valence electrons. The molecule has 3 aromatic rings. The van der Waals surface area contributed by atoms with Crippen LogP contribution < -0.4 is 15.0 Å². The molecule has 0 amide bonds. The molecular weight excluding hydrogens is 396 g/mol. The number of fused-ring (bicyclic) bond motifs is 1. The van der Waals surface area contributed by atoms with Gasteiger partial charge in [0.2, 0.25) is 15.9 Å². The van der Waals surface area contributed by atoms with Crippen LogP contribution in [0.5, 0.6) is 5.88 Å². The van der Waals surface area contributed by atoms with E-state index in [0.717, 1.165) is 24.7 Å². The van der Waals surface area contributed by atoms with Crippen molar-refractivity contribution < 1.29 is 17.9 Å². The van der Waals surface area contributed by atoms with Crippen molar-refractivity contribution in [3.05, 3.63) is 46.6 Å². The third-order valence-corrected chi connectivity index (χ3v) is 5.36. The van der Waals surface area contributed by atoms with E-state index < -0.39 is 10.0 Å². The minimum Gasteiger partial charge on any atom is -0.474 e. The van der Waals surface area contributed by atoms with Gasteiger partial charge in [0.05, 0.1) is 42.6 Å². The summed E-state index contributed by atoms with van der Waals surface area (Å²) in [5.74, 6) is 0.385. The molecule has 4 rings (SSSR count). The Labute approximate surface area is 167 Å². The van der Waals surface area contributed by atoms with Gasteiger partial charge in [-0.3, -0.25) is 9.52 Å². The molecule has 4 heterocycles. The average molecular weight is 418 g/mol. The predicted molar refractivity (Wildman–Crippen MR) is 109 cm³/mol. The molecule has 0 aliphatic carbocycles. The molecule has 9 nitrogen and oxygen atoms in total. The van der Waals surface area contributed by atoms with E-state index in [1.54, 1.807) is 22.9 Å². The van der Waals surface area contributed by atoms with Crippen LogP contribution in [0.1, 0.15) is 18.4 Å². The van der Waals surface area contributed by atoms with Crippen LogP contribution in [0.15, 0.2) is 35.5 Å². The van der Waals surface area contributed by atoms with Crippen LogP contribution in [0, 0.1) is 6.92 Å². The molecule has 0 unspecified atom stereocenters. The topological polar surface area (TPSA) is 115 Å². The highest BCUT2D eigenvalue weighted by molar-refractivity contribution is 7.92. The molecule has 2 N–H and O–H groups in total. The highest BCUT2D eigenvalue weighted by Crippen LogP contribution is 2.34. The van der Waals surface area contributed by atoms with Crippen LogP contribution in [0.2, 0.25) is 0 Å². The average Bonchev–Trinajstić information content (AvgIpc) is 3.00. The van der Waals surface area contributed by atoms with Crippen molar-refractivity contribution in [2.24, 2.45) is 0 Å². The zero-order chi connectivity index (χ0) is 20.6. The summed E-state index contributed by atoms with van der Waals surface area (Å²) in [4.78, 5) is 19.3. The Kier molecular flexibility index (Phi) is 5.05. The molecule has 1 fully saturated rings. The quantitative estimate of drug-likeness (QED) is 0.654. The smallest absolute Gasteiger partial charge is 0.272 e. The summed E-state index contributed by atoms with van der Waals surface area (Å²) in [5, 5.41) is 0. The lowest BCUT2D eigenvalue weighted by Gasteiger charge is -2.24. The number of ether oxygens (including phenoxy) is 2. The summed E-state index contributed by atoms with van der Waals surface area (Å²) >= 11 is 0. The number of rotatable bonds is 5. The molecular formula is C19H22N4O5S. The Balaban J connectivity index is 1.85. The number of pyridine rings is 1. The first kappa shape index (κ1) is 19.5. The number of aromatic nitrogens is 3. The first-order chi connectivity index (χ1) is 13.8. The third-order valence-electron chi connectivity index (χ3n) is 4.76. The van der Waals surface area contributed by atoms with Crippen LogP contribution in [-0.4, -0.2) is 48.4 Å². The number of hydrogen-bond acceptors (Lipinski definition) is 6. The summed E-state index contributed by atoms with van der Waals surface area (Å²) in [6.07, 6.45) is 7.26. The van der Waals surface area contributed by atoms with Crippen molar-refractivity contribution in [2.45, 2.75) is 25.9 Å². The number of hydrogen-bond donors (Lipinski definition) is 2. The lowest BCUT2D eigenvalue weighted by Crippen LogP contribution is -2.26. The molecule has 10 heteroatoms. The Morgan fingerprint density at radius 1 is 1.31 bits per heavy atom. The van der Waals surface area contributed by atoms with Gasteiger partial charge in [0.25, 0.3) is 5.56 Å². The molecule has 0 saturated carbocycles. The molecule has 1 aliphatic heterocycles. The minimum absolute atomic E-state index is 0.0422. The molecule has 0 bridgehead atoms. The predicted octanol–water partition coefficient (Wildman–Crippen LogP) is 1.93. The maximum atomic E-state index is 12.3. The summed E-state index contributed by atoms with van der Waals surface area (Å²) in [6.45, 7) is 3.09. The van der Waals surface area contributed by atoms with E-state index in [1.807, 2.05) is 13.0 Å². The number of anilines is 1. The number of nitrogens with zero attached hydrogens (tertiary/aromatic N) is 2. The maximum absolute atomic E-state index is 12.3. The fourth-order valence-corrected chi connectivity index (χ4v) is 4.05. The molecule has 0 aromatic carbocycles. The normalized spacial score (nSPS) is 15.5. The van der Waals surface area contributed by atoms with Gasteiger partial charge in [0.1, 0.15) is 11.6 Å². The largest absolute Gasteiger partial charge is 0.474 e. The van der Waals surface area contributed by atoms with E-state index in [0.29, 0.717) is 41.6 Å². The second-order valence-electron chi connectivity index (χ2n) is 7.10. The number of nitrogens with one attached hydrogen (secondary N) is 2. The van der Waals surface area contributed by atoms with E-state index in [2.05, 4.69) is 14.7 Å². The summed E-state index contributed by atoms with van der Waals surface area (Å²) in [7, 11) is -3.47. The fraction of sp³-hybridized carbons (Fsp3) is 0.368. The van der Waals surface area contributed by atoms with Crippen molar-refractivity contribution in [1.82, 2.24) is 14.4 Å². The zero-order valence-corrected chi connectivity index (χ0v) is 17.0. The summed E-state index contributed by atoms with van der Waals surface area (Å²) in [5.41, 5.74) is 2.70. The van der Waals surface area contributed by atoms with E-state index in [4.69, 9.17) is 9.47 Å². The molecule has 3 aromatic heterocycles. The van der Waals surface area contributed by atoms with Gasteiger partial charge < -0.3 is 18.9 Å². The second-order valence-corrected chi connectivity index (χ2v) is 8.85. The number of aryl methyl sites for hydroxylation is 1. The highest BCUT2D eigenvalue weighted by Gasteiger charge is 2.21. The monoisotopic (exact) mass is 418 g/mol. The number of sulfonamides is 1. The van der Waals surface area contributed by atoms with Gasteiger partial charge in [-0.15, -0.1) is 0 Å². The van der Waals surface area contributed by atoms with Crippen molar-refractivity contribution >= 4 is 21.2 Å². The summed E-state index contributed by atoms with van der Waals surface area (Å²) in [6, 6.07) is 3.54. The Morgan fingerprint density at radius 2 is 2.07 bits per heavy atom. The fourth-order valence-electron chi connectivity index (χ4n) is 3.51. The van der Waals surface area contributed by atoms with E-state index in [-0.39, 0.29) is 11.7 Å². The van der Waals surface area contributed by atoms with E-state index in [1.165, 1.54) is 6.20 Å². The molecule has 0 radical (unpaired) electrons. The van der Waals surface area contributed by atoms with Gasteiger partial charge in [-0.25, -0.2) is 13.4 Å². The molecule has 1 saturated heterocycles. The maximum Gasteiger partial charge on any atom is 0.272 e. The van der Waals surface area contributed by atoms with Crippen LogP contribution in [0.3, 0.4) is 0 Å². The van der Waals surface area contributed by atoms with Crippen molar-refractivity contribution in [3.8, 4) is 17.1 Å². The van der Waals surface area contributed by atoms with Gasteiger partial charge >= 0.3 is 0 Å². The Hall–Kier alpha value is -2.85. The van der Waals surface area contributed by atoms with Crippen molar-refractivity contribution in [2.75, 3.05) is 24.2 Å².